The second kappa shape index (κ2) is 7.79. The van der Waals surface area contributed by atoms with Gasteiger partial charge in [0.15, 0.2) is 5.11 Å². The largest absolute Gasteiger partial charge is 0.359 e. The van der Waals surface area contributed by atoms with E-state index in [-0.39, 0.29) is 0 Å². The predicted molar refractivity (Wildman–Crippen MR) is 103 cm³/mol. The van der Waals surface area contributed by atoms with Crippen LogP contribution in [-0.2, 0) is 6.54 Å². The van der Waals surface area contributed by atoms with E-state index in [9.17, 15) is 0 Å². The summed E-state index contributed by atoms with van der Waals surface area (Å²) in [6.07, 6.45) is 8.95. The molecular formula is C19H26N4S. The number of anilines is 1. The summed E-state index contributed by atoms with van der Waals surface area (Å²) in [6.45, 7) is 5.20. The summed E-state index contributed by atoms with van der Waals surface area (Å²) in [6, 6.07) is 8.88. The molecule has 1 saturated carbocycles. The van der Waals surface area contributed by atoms with Crippen molar-refractivity contribution in [2.75, 3.05) is 5.32 Å². The molecule has 1 heterocycles. The van der Waals surface area contributed by atoms with Crippen LogP contribution in [0, 0.1) is 12.8 Å². The summed E-state index contributed by atoms with van der Waals surface area (Å²) in [4.78, 5) is 0. The van der Waals surface area contributed by atoms with Gasteiger partial charge in [-0.25, -0.2) is 0 Å². The maximum Gasteiger partial charge on any atom is 0.171 e. The highest BCUT2D eigenvalue weighted by atomic mass is 32.1. The Kier molecular flexibility index (Phi) is 5.51. The lowest BCUT2D eigenvalue weighted by Gasteiger charge is -2.30. The van der Waals surface area contributed by atoms with Gasteiger partial charge in [-0.05, 0) is 49.0 Å². The highest BCUT2D eigenvalue weighted by Crippen LogP contribution is 2.23. The molecule has 4 nitrogen and oxygen atoms in total. The molecule has 0 unspecified atom stereocenters. The van der Waals surface area contributed by atoms with E-state index < -0.39 is 0 Å². The van der Waals surface area contributed by atoms with E-state index in [1.54, 1.807) is 0 Å². The first-order valence-electron chi connectivity index (χ1n) is 8.76. The molecule has 2 N–H and O–H groups in total. The third kappa shape index (κ3) is 4.35. The van der Waals surface area contributed by atoms with Crippen LogP contribution in [0.2, 0.25) is 0 Å². The van der Waals surface area contributed by atoms with Gasteiger partial charge >= 0.3 is 0 Å². The smallest absolute Gasteiger partial charge is 0.171 e. The first-order valence-corrected chi connectivity index (χ1v) is 9.17. The molecule has 1 aliphatic rings. The van der Waals surface area contributed by atoms with Gasteiger partial charge in [0.25, 0.3) is 0 Å². The normalized spacial score (nSPS) is 20.6. The average Bonchev–Trinajstić information content (AvgIpc) is 2.99. The summed E-state index contributed by atoms with van der Waals surface area (Å²) in [5.74, 6) is 0.683. The third-order valence-electron chi connectivity index (χ3n) is 4.91. The number of hydrogen-bond donors (Lipinski definition) is 2. The maximum absolute atomic E-state index is 5.47. The number of nitrogens with one attached hydrogen (secondary N) is 2. The summed E-state index contributed by atoms with van der Waals surface area (Å²) in [5.41, 5.74) is 3.50. The number of nitrogens with zero attached hydrogens (tertiary/aromatic N) is 2. The standard InChI is InChI=1S/C19H26N4S/c1-14-7-3-5-9-16(14)12-23-13-17(11-20-23)21-19(24)22-18-10-6-4-8-15(18)2/h3,5,7,9,11,13,15,18H,4,6,8,10,12H2,1-2H3,(H2,21,22,24)/t15-,18+/m0/s1. The second-order valence-corrected chi connectivity index (χ2v) is 7.23. The van der Waals surface area contributed by atoms with E-state index in [2.05, 4.69) is 53.8 Å². The Labute approximate surface area is 149 Å². The first kappa shape index (κ1) is 17.0. The van der Waals surface area contributed by atoms with Gasteiger partial charge < -0.3 is 10.6 Å². The Morgan fingerprint density at radius 3 is 2.88 bits per heavy atom. The number of aryl methyl sites for hydroxylation is 1. The van der Waals surface area contributed by atoms with E-state index in [1.165, 1.54) is 36.8 Å². The average molecular weight is 343 g/mol. The molecule has 1 aromatic heterocycles. The van der Waals surface area contributed by atoms with Gasteiger partial charge in [-0.3, -0.25) is 4.68 Å². The molecule has 0 aliphatic heterocycles. The van der Waals surface area contributed by atoms with E-state index >= 15 is 0 Å². The molecule has 0 spiro atoms. The number of thiocarbonyl (C=S) groups is 1. The van der Waals surface area contributed by atoms with Gasteiger partial charge in [0.1, 0.15) is 0 Å². The van der Waals surface area contributed by atoms with Crippen molar-refractivity contribution in [3.05, 3.63) is 47.8 Å². The Balaban J connectivity index is 1.55. The van der Waals surface area contributed by atoms with Gasteiger partial charge in [0.2, 0.25) is 0 Å². The summed E-state index contributed by atoms with van der Waals surface area (Å²) in [5, 5.41) is 11.9. The van der Waals surface area contributed by atoms with E-state index in [0.717, 1.165) is 12.2 Å². The highest BCUT2D eigenvalue weighted by Gasteiger charge is 2.21. The van der Waals surface area contributed by atoms with Gasteiger partial charge in [0.05, 0.1) is 18.4 Å². The number of benzene rings is 1. The molecule has 3 rings (SSSR count). The van der Waals surface area contributed by atoms with E-state index in [1.807, 2.05) is 17.1 Å². The molecule has 1 aromatic carbocycles. The van der Waals surface area contributed by atoms with Crippen LogP contribution in [0.3, 0.4) is 0 Å². The zero-order valence-electron chi connectivity index (χ0n) is 14.5. The molecule has 2 atom stereocenters. The molecule has 5 heteroatoms. The molecule has 1 fully saturated rings. The zero-order chi connectivity index (χ0) is 16.9. The van der Waals surface area contributed by atoms with Crippen molar-refractivity contribution < 1.29 is 0 Å². The maximum atomic E-state index is 5.47. The van der Waals surface area contributed by atoms with Crippen molar-refractivity contribution in [3.63, 3.8) is 0 Å². The minimum atomic E-state index is 0.487. The van der Waals surface area contributed by atoms with Crippen molar-refractivity contribution >= 4 is 23.0 Å². The molecule has 0 saturated heterocycles. The quantitative estimate of drug-likeness (QED) is 0.821. The summed E-state index contributed by atoms with van der Waals surface area (Å²) in [7, 11) is 0. The Morgan fingerprint density at radius 1 is 1.29 bits per heavy atom. The van der Waals surface area contributed by atoms with Gasteiger partial charge in [-0.2, -0.15) is 5.10 Å². The fourth-order valence-electron chi connectivity index (χ4n) is 3.34. The van der Waals surface area contributed by atoms with Crippen LogP contribution >= 0.6 is 12.2 Å². The molecule has 24 heavy (non-hydrogen) atoms. The minimum absolute atomic E-state index is 0.487. The lowest BCUT2D eigenvalue weighted by atomic mass is 9.86. The number of rotatable bonds is 4. The Bertz CT molecular complexity index is 694. The Hall–Kier alpha value is -1.88. The van der Waals surface area contributed by atoms with Crippen LogP contribution < -0.4 is 10.6 Å². The zero-order valence-corrected chi connectivity index (χ0v) is 15.3. The van der Waals surface area contributed by atoms with Crippen molar-refractivity contribution in [1.82, 2.24) is 15.1 Å². The van der Waals surface area contributed by atoms with E-state index in [4.69, 9.17) is 12.2 Å². The Morgan fingerprint density at radius 2 is 2.08 bits per heavy atom. The van der Waals surface area contributed by atoms with Gasteiger partial charge in [-0.1, -0.05) is 44.0 Å². The molecule has 128 valence electrons. The van der Waals surface area contributed by atoms with Crippen LogP contribution in [0.15, 0.2) is 36.7 Å². The van der Waals surface area contributed by atoms with Crippen molar-refractivity contribution in [2.45, 2.75) is 52.1 Å². The highest BCUT2D eigenvalue weighted by molar-refractivity contribution is 7.80. The molecular weight excluding hydrogens is 316 g/mol. The van der Waals surface area contributed by atoms with Crippen LogP contribution in [-0.4, -0.2) is 20.9 Å². The summed E-state index contributed by atoms with van der Waals surface area (Å²) >= 11 is 5.47. The van der Waals surface area contributed by atoms with Crippen LogP contribution in [0.4, 0.5) is 5.69 Å². The van der Waals surface area contributed by atoms with Crippen molar-refractivity contribution in [3.8, 4) is 0 Å². The lowest BCUT2D eigenvalue weighted by Crippen LogP contribution is -2.43. The molecule has 2 aromatic rings. The second-order valence-electron chi connectivity index (χ2n) is 6.82. The molecule has 0 radical (unpaired) electrons. The minimum Gasteiger partial charge on any atom is -0.359 e. The third-order valence-corrected chi connectivity index (χ3v) is 5.13. The predicted octanol–water partition coefficient (Wildman–Crippen LogP) is 4.10. The van der Waals surface area contributed by atoms with Crippen molar-refractivity contribution in [2.24, 2.45) is 5.92 Å². The molecule has 0 amide bonds. The van der Waals surface area contributed by atoms with Crippen LogP contribution in [0.25, 0.3) is 0 Å². The monoisotopic (exact) mass is 342 g/mol. The fraction of sp³-hybridized carbons (Fsp3) is 0.474. The van der Waals surface area contributed by atoms with Gasteiger partial charge in [0, 0.05) is 12.2 Å². The van der Waals surface area contributed by atoms with Crippen LogP contribution in [0.1, 0.15) is 43.7 Å². The lowest BCUT2D eigenvalue weighted by molar-refractivity contribution is 0.309. The fourth-order valence-corrected chi connectivity index (χ4v) is 3.61. The van der Waals surface area contributed by atoms with Gasteiger partial charge in [-0.15, -0.1) is 0 Å². The molecule has 0 bridgehead atoms. The van der Waals surface area contributed by atoms with Crippen LogP contribution in [0.5, 0.6) is 0 Å². The molecule has 1 aliphatic carbocycles. The van der Waals surface area contributed by atoms with Crippen molar-refractivity contribution in [1.29, 1.82) is 0 Å². The summed E-state index contributed by atoms with van der Waals surface area (Å²) < 4.78 is 1.94. The number of aromatic nitrogens is 2. The van der Waals surface area contributed by atoms with E-state index in [0.29, 0.717) is 17.1 Å². The topological polar surface area (TPSA) is 41.9 Å². The first-order chi connectivity index (χ1) is 11.6. The SMILES string of the molecule is Cc1ccccc1Cn1cc(NC(=S)N[C@@H]2CCCC[C@@H]2C)cn1. The number of hydrogen-bond acceptors (Lipinski definition) is 2.